The summed E-state index contributed by atoms with van der Waals surface area (Å²) in [5.41, 5.74) is -0.0477. The van der Waals surface area contributed by atoms with Gasteiger partial charge in [0.05, 0.1) is 25.8 Å². The average molecular weight is 456 g/mol. The highest BCUT2D eigenvalue weighted by molar-refractivity contribution is 7.94. The number of hydrogen-bond acceptors (Lipinski definition) is 3. The van der Waals surface area contributed by atoms with Crippen molar-refractivity contribution in [1.82, 2.24) is 0 Å². The highest BCUT2D eigenvalue weighted by Crippen LogP contribution is 2.48. The second-order valence-corrected chi connectivity index (χ2v) is 8.29. The fourth-order valence-corrected chi connectivity index (χ4v) is 4.81. The monoisotopic (exact) mass is 453 g/mol. The predicted octanol–water partition coefficient (Wildman–Crippen LogP) is 6.01. The molecule has 2 rings (SSSR count). The molecule has 0 spiro atoms. The van der Waals surface area contributed by atoms with Crippen LogP contribution in [0, 0.1) is 0 Å². The van der Waals surface area contributed by atoms with Crippen molar-refractivity contribution in [3.8, 4) is 5.75 Å². The molecule has 0 atom stereocenters. The molecular formula is C12H5Cl6NO3S. The Bertz CT molecular complexity index is 858. The van der Waals surface area contributed by atoms with E-state index in [0.717, 1.165) is 0 Å². The lowest BCUT2D eigenvalue weighted by Gasteiger charge is -2.20. The molecule has 0 bridgehead atoms. The van der Waals surface area contributed by atoms with Crippen LogP contribution in [0.1, 0.15) is 0 Å². The fourth-order valence-electron chi connectivity index (χ4n) is 1.64. The van der Waals surface area contributed by atoms with Gasteiger partial charge >= 0.3 is 0 Å². The summed E-state index contributed by atoms with van der Waals surface area (Å²) >= 11 is 35.1. The molecule has 0 aliphatic carbocycles. The quantitative estimate of drug-likeness (QED) is 0.350. The number of halogens is 6. The van der Waals surface area contributed by atoms with Crippen LogP contribution in [0.2, 0.25) is 25.1 Å². The Kier molecular flexibility index (Phi) is 5.74. The van der Waals surface area contributed by atoms with Crippen LogP contribution < -0.4 is 3.82 Å². The van der Waals surface area contributed by atoms with E-state index in [9.17, 15) is 13.5 Å². The van der Waals surface area contributed by atoms with Gasteiger partial charge in [-0.25, -0.2) is 0 Å². The van der Waals surface area contributed by atoms with Crippen molar-refractivity contribution >= 4 is 85.5 Å². The maximum atomic E-state index is 12.7. The molecule has 0 saturated heterocycles. The van der Waals surface area contributed by atoms with Crippen molar-refractivity contribution in [2.24, 2.45) is 0 Å². The van der Waals surface area contributed by atoms with Crippen LogP contribution >= 0.6 is 69.8 Å². The number of phenolic OH excluding ortho intramolecular Hbond substituents is 1. The zero-order valence-corrected chi connectivity index (χ0v) is 16.0. The number of phenols is 1. The van der Waals surface area contributed by atoms with E-state index in [4.69, 9.17) is 69.8 Å². The number of anilines is 1. The number of hydrogen-bond donors (Lipinski definition) is 1. The number of rotatable bonds is 3. The molecule has 0 unspecified atom stereocenters. The molecule has 4 nitrogen and oxygen atoms in total. The molecule has 0 aliphatic heterocycles. The fraction of sp³-hybridized carbons (Fsp3) is 0. The Morgan fingerprint density at radius 1 is 0.870 bits per heavy atom. The number of benzene rings is 2. The van der Waals surface area contributed by atoms with Crippen molar-refractivity contribution in [1.29, 1.82) is 0 Å². The van der Waals surface area contributed by atoms with E-state index in [1.165, 1.54) is 18.2 Å². The van der Waals surface area contributed by atoms with Gasteiger partial charge in [-0.2, -0.15) is 12.2 Å². The molecular weight excluding hydrogens is 451 g/mol. The number of sulfonamides is 1. The summed E-state index contributed by atoms with van der Waals surface area (Å²) in [6, 6.07) is 5.90. The lowest BCUT2D eigenvalue weighted by atomic mass is 10.3. The molecule has 0 amide bonds. The molecule has 1 N–H and O–H groups in total. The number of nitrogens with zero attached hydrogens (tertiary/aromatic N) is 1. The standard InChI is InChI=1S/C12H5Cl6NO3S/c13-5-3-1-2-4-6(5)19(18)23(21,22)12-10(17)8(15)7(14)9(16)11(12)20/h1-4,20H. The number of aromatic hydroxyl groups is 1. The van der Waals surface area contributed by atoms with Crippen LogP contribution in [-0.2, 0) is 10.0 Å². The smallest absolute Gasteiger partial charge is 0.283 e. The summed E-state index contributed by atoms with van der Waals surface area (Å²) in [5, 5.41) is 8.49. The van der Waals surface area contributed by atoms with Crippen LogP contribution in [0.25, 0.3) is 0 Å². The third-order valence-corrected chi connectivity index (χ3v) is 7.19. The predicted molar refractivity (Wildman–Crippen MR) is 95.1 cm³/mol. The molecule has 23 heavy (non-hydrogen) atoms. The third kappa shape index (κ3) is 3.29. The molecule has 2 aromatic carbocycles. The minimum absolute atomic E-state index is 0.0477. The normalized spacial score (nSPS) is 11.6. The molecule has 124 valence electrons. The Labute approximate surface area is 162 Å². The molecule has 0 aliphatic rings. The molecule has 0 aromatic heterocycles. The maximum absolute atomic E-state index is 12.7. The minimum Gasteiger partial charge on any atom is -0.505 e. The summed E-state index contributed by atoms with van der Waals surface area (Å²) < 4.78 is 25.7. The Morgan fingerprint density at radius 3 is 1.96 bits per heavy atom. The van der Waals surface area contributed by atoms with Crippen molar-refractivity contribution in [2.75, 3.05) is 3.82 Å². The van der Waals surface area contributed by atoms with Gasteiger partial charge in [-0.1, -0.05) is 70.1 Å². The largest absolute Gasteiger partial charge is 0.505 e. The van der Waals surface area contributed by atoms with Gasteiger partial charge < -0.3 is 5.11 Å². The summed E-state index contributed by atoms with van der Waals surface area (Å²) in [7, 11) is -4.53. The van der Waals surface area contributed by atoms with E-state index in [2.05, 4.69) is 0 Å². The van der Waals surface area contributed by atoms with Crippen LogP contribution in [0.3, 0.4) is 0 Å². The topological polar surface area (TPSA) is 57.6 Å². The molecule has 0 heterocycles. The molecule has 0 fully saturated rings. The average Bonchev–Trinajstić information content (AvgIpc) is 2.50. The van der Waals surface area contributed by atoms with Gasteiger partial charge in [0.2, 0.25) is 0 Å². The van der Waals surface area contributed by atoms with Crippen LogP contribution in [0.15, 0.2) is 29.2 Å². The third-order valence-electron chi connectivity index (χ3n) is 2.71. The molecule has 11 heteroatoms. The second-order valence-electron chi connectivity index (χ2n) is 4.10. The van der Waals surface area contributed by atoms with Crippen molar-refractivity contribution < 1.29 is 13.5 Å². The van der Waals surface area contributed by atoms with Gasteiger partial charge in [-0.3, -0.25) is 0 Å². The van der Waals surface area contributed by atoms with Crippen LogP contribution in [0.4, 0.5) is 5.69 Å². The van der Waals surface area contributed by atoms with E-state index in [1.807, 2.05) is 0 Å². The zero-order valence-electron chi connectivity index (χ0n) is 10.7. The van der Waals surface area contributed by atoms with E-state index in [-0.39, 0.29) is 20.8 Å². The van der Waals surface area contributed by atoms with Gasteiger partial charge in [-0.05, 0) is 12.1 Å². The van der Waals surface area contributed by atoms with Crippen molar-refractivity contribution in [2.45, 2.75) is 4.90 Å². The summed E-state index contributed by atoms with van der Waals surface area (Å²) in [5.74, 6) is -0.872. The summed E-state index contributed by atoms with van der Waals surface area (Å²) in [6.45, 7) is 0. The Morgan fingerprint density at radius 2 is 1.39 bits per heavy atom. The zero-order chi connectivity index (χ0) is 17.5. The Hall–Kier alpha value is -0.270. The highest BCUT2D eigenvalue weighted by Gasteiger charge is 2.34. The molecule has 0 saturated carbocycles. The van der Waals surface area contributed by atoms with Crippen LogP contribution in [-0.4, -0.2) is 13.5 Å². The van der Waals surface area contributed by atoms with Crippen LogP contribution in [0.5, 0.6) is 5.75 Å². The van der Waals surface area contributed by atoms with Gasteiger partial charge in [0.25, 0.3) is 10.0 Å². The lowest BCUT2D eigenvalue weighted by molar-refractivity contribution is 0.459. The minimum atomic E-state index is -4.53. The first-order valence-corrected chi connectivity index (χ1v) is 9.28. The van der Waals surface area contributed by atoms with Crippen molar-refractivity contribution in [3.63, 3.8) is 0 Å². The SMILES string of the molecule is O=S(=O)(c1c(O)c(Cl)c(Cl)c(Cl)c1Cl)N(Cl)c1ccccc1Cl. The Balaban J connectivity index is 2.73. The first kappa shape index (κ1) is 19.1. The van der Waals surface area contributed by atoms with E-state index in [0.29, 0.717) is 3.82 Å². The van der Waals surface area contributed by atoms with E-state index >= 15 is 0 Å². The lowest BCUT2D eigenvalue weighted by Crippen LogP contribution is -2.22. The van der Waals surface area contributed by atoms with Gasteiger partial charge in [-0.15, -0.1) is 0 Å². The summed E-state index contributed by atoms with van der Waals surface area (Å²) in [4.78, 5) is -0.784. The van der Waals surface area contributed by atoms with Gasteiger partial charge in [0.1, 0.15) is 5.02 Å². The van der Waals surface area contributed by atoms with Gasteiger partial charge in [0.15, 0.2) is 10.6 Å². The van der Waals surface area contributed by atoms with E-state index < -0.39 is 30.7 Å². The maximum Gasteiger partial charge on any atom is 0.283 e. The van der Waals surface area contributed by atoms with Gasteiger partial charge in [0, 0.05) is 11.8 Å². The molecule has 2 aromatic rings. The first-order valence-electron chi connectivity index (χ1n) is 5.61. The second kappa shape index (κ2) is 6.92. The highest BCUT2D eigenvalue weighted by atomic mass is 35.5. The molecule has 0 radical (unpaired) electrons. The summed E-state index contributed by atoms with van der Waals surface area (Å²) in [6.07, 6.45) is 0. The first-order chi connectivity index (χ1) is 10.6. The number of para-hydroxylation sites is 1. The van der Waals surface area contributed by atoms with Crippen molar-refractivity contribution in [3.05, 3.63) is 49.4 Å². The van der Waals surface area contributed by atoms with E-state index in [1.54, 1.807) is 6.07 Å².